The van der Waals surface area contributed by atoms with Gasteiger partial charge >= 0.3 is 0 Å². The van der Waals surface area contributed by atoms with Gasteiger partial charge < -0.3 is 10.6 Å². The van der Waals surface area contributed by atoms with Crippen molar-refractivity contribution in [3.8, 4) is 18.2 Å². The Labute approximate surface area is 147 Å². The minimum Gasteiger partial charge on any atom is -0.399 e. The molecule has 0 radical (unpaired) electrons. The van der Waals surface area contributed by atoms with Gasteiger partial charge in [0.25, 0.3) is 0 Å². The summed E-state index contributed by atoms with van der Waals surface area (Å²) in [5, 5.41) is 29.5. The lowest BCUT2D eigenvalue weighted by molar-refractivity contribution is 0.237. The van der Waals surface area contributed by atoms with Crippen LogP contribution in [0.25, 0.3) is 0 Å². The fourth-order valence-corrected chi connectivity index (χ4v) is 3.97. The van der Waals surface area contributed by atoms with Gasteiger partial charge in [0.05, 0.1) is 23.4 Å². The van der Waals surface area contributed by atoms with Crippen molar-refractivity contribution in [1.29, 1.82) is 15.8 Å². The fraction of sp³-hybridized carbons (Fsp3) is 0.350. The molecule has 2 aliphatic rings. The zero-order chi connectivity index (χ0) is 18.2. The molecule has 0 unspecified atom stereocenters. The Morgan fingerprint density at radius 2 is 1.80 bits per heavy atom. The Morgan fingerprint density at radius 1 is 1.16 bits per heavy atom. The van der Waals surface area contributed by atoms with Crippen LogP contribution in [0.15, 0.2) is 47.2 Å². The Kier molecular flexibility index (Phi) is 4.09. The standard InChI is InChI=1S/C20H19N5/c1-13-3-5-14(6-4-13)18-17-10-25(2)8-7-15(17)16(9-21)19(24)20(18,11-22)12-23/h3-7,17-18H,8,10,24H2,1-2H3/t17-,18-/m1/s1. The summed E-state index contributed by atoms with van der Waals surface area (Å²) in [6.07, 6.45) is 2.00. The van der Waals surface area contributed by atoms with Crippen molar-refractivity contribution in [3.63, 3.8) is 0 Å². The third-order valence-electron chi connectivity index (χ3n) is 5.28. The number of fused-ring (bicyclic) bond motifs is 1. The second-order valence-corrected chi connectivity index (χ2v) is 6.81. The zero-order valence-electron chi connectivity index (χ0n) is 14.3. The maximum atomic E-state index is 9.94. The van der Waals surface area contributed by atoms with E-state index in [1.54, 1.807) is 0 Å². The van der Waals surface area contributed by atoms with Crippen LogP contribution in [0, 0.1) is 52.2 Å². The average molecular weight is 329 g/mol. The van der Waals surface area contributed by atoms with Crippen molar-refractivity contribution >= 4 is 0 Å². The molecule has 1 aliphatic heterocycles. The Balaban J connectivity index is 2.32. The smallest absolute Gasteiger partial charge is 0.191 e. The molecule has 1 heterocycles. The third-order valence-corrected chi connectivity index (χ3v) is 5.28. The summed E-state index contributed by atoms with van der Waals surface area (Å²) in [7, 11) is 1.99. The number of likely N-dealkylation sites (N-methyl/N-ethyl adjacent to an activating group) is 1. The summed E-state index contributed by atoms with van der Waals surface area (Å²) in [6.45, 7) is 3.39. The highest BCUT2D eigenvalue weighted by Gasteiger charge is 2.54. The molecule has 1 aromatic carbocycles. The van der Waals surface area contributed by atoms with E-state index in [1.807, 2.05) is 44.3 Å². The number of hydrogen-bond donors (Lipinski definition) is 1. The van der Waals surface area contributed by atoms with Gasteiger partial charge in [-0.3, -0.25) is 0 Å². The van der Waals surface area contributed by atoms with Crippen molar-refractivity contribution in [3.05, 3.63) is 58.3 Å². The molecule has 1 aromatic rings. The second kappa shape index (κ2) is 6.10. The van der Waals surface area contributed by atoms with E-state index in [1.165, 1.54) is 0 Å². The second-order valence-electron chi connectivity index (χ2n) is 6.81. The van der Waals surface area contributed by atoms with Crippen molar-refractivity contribution in [2.75, 3.05) is 20.1 Å². The summed E-state index contributed by atoms with van der Waals surface area (Å²) in [5.74, 6) is -0.531. The van der Waals surface area contributed by atoms with Crippen molar-refractivity contribution in [1.82, 2.24) is 4.90 Å². The Bertz CT molecular complexity index is 872. The lowest BCUT2D eigenvalue weighted by Crippen LogP contribution is -2.47. The summed E-state index contributed by atoms with van der Waals surface area (Å²) < 4.78 is 0. The fourth-order valence-electron chi connectivity index (χ4n) is 3.97. The molecule has 0 bridgehead atoms. The highest BCUT2D eigenvalue weighted by molar-refractivity contribution is 5.59. The molecule has 5 nitrogen and oxygen atoms in total. The quantitative estimate of drug-likeness (QED) is 0.852. The van der Waals surface area contributed by atoms with Gasteiger partial charge in [0, 0.05) is 24.9 Å². The predicted molar refractivity (Wildman–Crippen MR) is 93.5 cm³/mol. The largest absolute Gasteiger partial charge is 0.399 e. The van der Waals surface area contributed by atoms with Gasteiger partial charge in [-0.1, -0.05) is 35.9 Å². The number of allylic oxidation sites excluding steroid dienone is 2. The molecular formula is C20H19N5. The van der Waals surface area contributed by atoms with E-state index in [2.05, 4.69) is 23.1 Å². The van der Waals surface area contributed by atoms with Crippen LogP contribution in [0.5, 0.6) is 0 Å². The molecule has 0 saturated heterocycles. The maximum Gasteiger partial charge on any atom is 0.191 e. The van der Waals surface area contributed by atoms with E-state index in [0.717, 1.165) is 23.2 Å². The molecule has 25 heavy (non-hydrogen) atoms. The Morgan fingerprint density at radius 3 is 2.36 bits per heavy atom. The summed E-state index contributed by atoms with van der Waals surface area (Å²) in [6, 6.07) is 14.3. The zero-order valence-corrected chi connectivity index (χ0v) is 14.3. The SMILES string of the molecule is Cc1ccc([C@@H]2[C@@H]3CN(C)CC=C3C(C#N)=C(N)C2(C#N)C#N)cc1. The number of nitrogens with two attached hydrogens (primary N) is 1. The van der Waals surface area contributed by atoms with Gasteiger partial charge in [0.15, 0.2) is 5.41 Å². The molecule has 0 saturated carbocycles. The number of benzene rings is 1. The molecule has 0 amide bonds. The molecule has 1 aliphatic carbocycles. The minimum atomic E-state index is -1.54. The van der Waals surface area contributed by atoms with Crippen LogP contribution in [0.2, 0.25) is 0 Å². The topological polar surface area (TPSA) is 101 Å². The van der Waals surface area contributed by atoms with Crippen molar-refractivity contribution in [2.24, 2.45) is 17.1 Å². The third kappa shape index (κ3) is 2.40. The van der Waals surface area contributed by atoms with Gasteiger partial charge in [-0.15, -0.1) is 0 Å². The van der Waals surface area contributed by atoms with Crippen LogP contribution in [-0.4, -0.2) is 25.0 Å². The van der Waals surface area contributed by atoms with Gasteiger partial charge in [-0.2, -0.15) is 15.8 Å². The van der Waals surface area contributed by atoms with Crippen LogP contribution in [-0.2, 0) is 0 Å². The van der Waals surface area contributed by atoms with Gasteiger partial charge in [-0.05, 0) is 25.1 Å². The molecule has 2 N–H and O–H groups in total. The summed E-state index contributed by atoms with van der Waals surface area (Å²) in [4.78, 5) is 2.13. The first-order valence-corrected chi connectivity index (χ1v) is 8.17. The van der Waals surface area contributed by atoms with Gasteiger partial charge in [0.1, 0.15) is 6.07 Å². The van der Waals surface area contributed by atoms with Crippen molar-refractivity contribution in [2.45, 2.75) is 12.8 Å². The van der Waals surface area contributed by atoms with E-state index >= 15 is 0 Å². The first-order chi connectivity index (χ1) is 12.0. The van der Waals surface area contributed by atoms with E-state index in [-0.39, 0.29) is 11.6 Å². The Hall–Kier alpha value is -3.07. The van der Waals surface area contributed by atoms with Crippen LogP contribution in [0.3, 0.4) is 0 Å². The maximum absolute atomic E-state index is 9.94. The number of nitriles is 3. The molecule has 0 fully saturated rings. The number of hydrogen-bond acceptors (Lipinski definition) is 5. The first kappa shape index (κ1) is 16.8. The average Bonchev–Trinajstić information content (AvgIpc) is 2.62. The number of rotatable bonds is 1. The van der Waals surface area contributed by atoms with Crippen LogP contribution in [0.1, 0.15) is 17.0 Å². The summed E-state index contributed by atoms with van der Waals surface area (Å²) >= 11 is 0. The van der Waals surface area contributed by atoms with Crippen LogP contribution < -0.4 is 5.73 Å². The molecule has 0 spiro atoms. The summed E-state index contributed by atoms with van der Waals surface area (Å²) in [5.41, 5.74) is 7.96. The molecular weight excluding hydrogens is 310 g/mol. The molecule has 5 heteroatoms. The van der Waals surface area contributed by atoms with Crippen molar-refractivity contribution < 1.29 is 0 Å². The lowest BCUT2D eigenvalue weighted by Gasteiger charge is -2.45. The van der Waals surface area contributed by atoms with Crippen LogP contribution >= 0.6 is 0 Å². The first-order valence-electron chi connectivity index (χ1n) is 8.17. The number of nitrogens with zero attached hydrogens (tertiary/aromatic N) is 4. The minimum absolute atomic E-state index is 0.0811. The van der Waals surface area contributed by atoms with E-state index in [0.29, 0.717) is 12.1 Å². The van der Waals surface area contributed by atoms with Crippen LogP contribution in [0.4, 0.5) is 0 Å². The van der Waals surface area contributed by atoms with E-state index in [9.17, 15) is 15.8 Å². The highest BCUT2D eigenvalue weighted by Crippen LogP contribution is 2.53. The highest BCUT2D eigenvalue weighted by atomic mass is 15.1. The monoisotopic (exact) mass is 329 g/mol. The van der Waals surface area contributed by atoms with E-state index in [4.69, 9.17) is 5.73 Å². The number of aryl methyl sites for hydroxylation is 1. The molecule has 124 valence electrons. The normalized spacial score (nSPS) is 25.2. The predicted octanol–water partition coefficient (Wildman–Crippen LogP) is 2.35. The molecule has 2 atom stereocenters. The van der Waals surface area contributed by atoms with E-state index < -0.39 is 11.3 Å². The van der Waals surface area contributed by atoms with Gasteiger partial charge in [0.2, 0.25) is 0 Å². The molecule has 3 rings (SSSR count). The van der Waals surface area contributed by atoms with Gasteiger partial charge in [-0.25, -0.2) is 0 Å². The lowest BCUT2D eigenvalue weighted by atomic mass is 9.58. The molecule has 0 aromatic heterocycles.